The molecule has 0 aromatic heterocycles. The number of phenols is 1. The van der Waals surface area contributed by atoms with Gasteiger partial charge in [0.15, 0.2) is 11.5 Å². The van der Waals surface area contributed by atoms with Gasteiger partial charge in [0.1, 0.15) is 6.61 Å². The van der Waals surface area contributed by atoms with Crippen molar-refractivity contribution in [2.75, 3.05) is 0 Å². The van der Waals surface area contributed by atoms with Crippen LogP contribution < -0.4 is 4.74 Å². The van der Waals surface area contributed by atoms with Crippen LogP contribution in [-0.2, 0) is 12.0 Å². The lowest BCUT2D eigenvalue weighted by Gasteiger charge is -2.20. The Bertz CT molecular complexity index is 539. The number of hydrogen-bond donors (Lipinski definition) is 1. The van der Waals surface area contributed by atoms with Crippen LogP contribution in [0.1, 0.15) is 31.9 Å². The molecule has 100 valence electrons. The first kappa shape index (κ1) is 13.5. The molecule has 0 heterocycles. The van der Waals surface area contributed by atoms with E-state index in [0.717, 1.165) is 11.1 Å². The summed E-state index contributed by atoms with van der Waals surface area (Å²) in [6.07, 6.45) is 0. The van der Waals surface area contributed by atoms with E-state index in [1.54, 1.807) is 6.07 Å². The van der Waals surface area contributed by atoms with Gasteiger partial charge in [-0.2, -0.15) is 0 Å². The van der Waals surface area contributed by atoms with E-state index >= 15 is 0 Å². The van der Waals surface area contributed by atoms with Gasteiger partial charge in [0.05, 0.1) is 0 Å². The molecule has 0 amide bonds. The molecule has 0 fully saturated rings. The first-order chi connectivity index (χ1) is 8.97. The third-order valence-corrected chi connectivity index (χ3v) is 3.06. The second-order valence-corrected chi connectivity index (χ2v) is 5.71. The van der Waals surface area contributed by atoms with Gasteiger partial charge in [0, 0.05) is 0 Å². The minimum Gasteiger partial charge on any atom is -0.504 e. The molecule has 0 spiro atoms. The topological polar surface area (TPSA) is 29.5 Å². The standard InChI is InChI=1S/C17H20O2/c1-17(2,3)14-9-10-16(15(18)11-14)19-12-13-7-5-4-6-8-13/h4-11,18H,12H2,1-3H3. The fraction of sp³-hybridized carbons (Fsp3) is 0.294. The minimum atomic E-state index is 0.0233. The lowest BCUT2D eigenvalue weighted by molar-refractivity contribution is 0.288. The Hall–Kier alpha value is -1.96. The van der Waals surface area contributed by atoms with E-state index in [1.165, 1.54) is 0 Å². The molecule has 0 bridgehead atoms. The lowest BCUT2D eigenvalue weighted by atomic mass is 9.87. The van der Waals surface area contributed by atoms with Crippen LogP contribution in [-0.4, -0.2) is 5.11 Å². The fourth-order valence-electron chi connectivity index (χ4n) is 1.84. The minimum absolute atomic E-state index is 0.0233. The summed E-state index contributed by atoms with van der Waals surface area (Å²) < 4.78 is 5.64. The first-order valence-corrected chi connectivity index (χ1v) is 6.47. The highest BCUT2D eigenvalue weighted by Crippen LogP contribution is 2.32. The molecule has 0 unspecified atom stereocenters. The fourth-order valence-corrected chi connectivity index (χ4v) is 1.84. The predicted molar refractivity (Wildman–Crippen MR) is 77.6 cm³/mol. The molecule has 0 aliphatic carbocycles. The molecule has 19 heavy (non-hydrogen) atoms. The second-order valence-electron chi connectivity index (χ2n) is 5.71. The molecule has 2 heteroatoms. The van der Waals surface area contributed by atoms with Crippen LogP contribution in [0.2, 0.25) is 0 Å². The highest BCUT2D eigenvalue weighted by molar-refractivity contribution is 5.43. The van der Waals surface area contributed by atoms with Crippen molar-refractivity contribution in [3.8, 4) is 11.5 Å². The van der Waals surface area contributed by atoms with Crippen LogP contribution >= 0.6 is 0 Å². The molecule has 2 rings (SSSR count). The Morgan fingerprint density at radius 3 is 2.26 bits per heavy atom. The Balaban J connectivity index is 2.10. The number of ether oxygens (including phenoxy) is 1. The predicted octanol–water partition coefficient (Wildman–Crippen LogP) is 4.27. The third kappa shape index (κ3) is 3.50. The van der Waals surface area contributed by atoms with Gasteiger partial charge in [-0.1, -0.05) is 57.2 Å². The number of rotatable bonds is 3. The molecule has 1 N–H and O–H groups in total. The highest BCUT2D eigenvalue weighted by Gasteiger charge is 2.15. The van der Waals surface area contributed by atoms with E-state index in [-0.39, 0.29) is 11.2 Å². The zero-order valence-corrected chi connectivity index (χ0v) is 11.7. The van der Waals surface area contributed by atoms with E-state index in [2.05, 4.69) is 20.8 Å². The Morgan fingerprint density at radius 2 is 1.68 bits per heavy atom. The zero-order valence-electron chi connectivity index (χ0n) is 11.7. The molecule has 0 atom stereocenters. The summed E-state index contributed by atoms with van der Waals surface area (Å²) in [6, 6.07) is 15.5. The lowest BCUT2D eigenvalue weighted by Crippen LogP contribution is -2.10. The van der Waals surface area contributed by atoms with E-state index in [9.17, 15) is 5.11 Å². The molecule has 0 radical (unpaired) electrons. The van der Waals surface area contributed by atoms with Gasteiger partial charge in [-0.15, -0.1) is 0 Å². The summed E-state index contributed by atoms with van der Waals surface area (Å²) in [5.74, 6) is 0.722. The van der Waals surface area contributed by atoms with Gasteiger partial charge in [0.2, 0.25) is 0 Å². The molecule has 2 aromatic rings. The summed E-state index contributed by atoms with van der Waals surface area (Å²) in [7, 11) is 0. The van der Waals surface area contributed by atoms with Crippen molar-refractivity contribution in [3.63, 3.8) is 0 Å². The number of hydrogen-bond acceptors (Lipinski definition) is 2. The van der Waals surface area contributed by atoms with E-state index in [4.69, 9.17) is 4.74 Å². The molecule has 0 aliphatic heterocycles. The van der Waals surface area contributed by atoms with Gasteiger partial charge in [-0.25, -0.2) is 0 Å². The van der Waals surface area contributed by atoms with Crippen molar-refractivity contribution in [2.45, 2.75) is 32.8 Å². The smallest absolute Gasteiger partial charge is 0.161 e. The van der Waals surface area contributed by atoms with Gasteiger partial charge < -0.3 is 9.84 Å². The largest absolute Gasteiger partial charge is 0.504 e. The number of phenolic OH excluding ortho intramolecular Hbond substituents is 1. The molecule has 2 nitrogen and oxygen atoms in total. The first-order valence-electron chi connectivity index (χ1n) is 6.47. The maximum absolute atomic E-state index is 10.0. The zero-order chi connectivity index (χ0) is 13.9. The van der Waals surface area contributed by atoms with Gasteiger partial charge in [-0.05, 0) is 28.7 Å². The summed E-state index contributed by atoms with van der Waals surface area (Å²) in [6.45, 7) is 6.81. The Morgan fingerprint density at radius 1 is 1.00 bits per heavy atom. The average molecular weight is 256 g/mol. The Kier molecular flexibility index (Phi) is 3.79. The van der Waals surface area contributed by atoms with Crippen molar-refractivity contribution in [3.05, 3.63) is 59.7 Å². The van der Waals surface area contributed by atoms with Crippen molar-refractivity contribution in [2.24, 2.45) is 0 Å². The molecular formula is C17H20O2. The SMILES string of the molecule is CC(C)(C)c1ccc(OCc2ccccc2)c(O)c1. The summed E-state index contributed by atoms with van der Waals surface area (Å²) in [5, 5.41) is 10.0. The third-order valence-electron chi connectivity index (χ3n) is 3.06. The van der Waals surface area contributed by atoms with Crippen molar-refractivity contribution in [1.29, 1.82) is 0 Å². The number of aromatic hydroxyl groups is 1. The highest BCUT2D eigenvalue weighted by atomic mass is 16.5. The van der Waals surface area contributed by atoms with E-state index < -0.39 is 0 Å². The van der Waals surface area contributed by atoms with E-state index in [0.29, 0.717) is 12.4 Å². The van der Waals surface area contributed by atoms with Gasteiger partial charge in [-0.3, -0.25) is 0 Å². The van der Waals surface area contributed by atoms with Crippen molar-refractivity contribution in [1.82, 2.24) is 0 Å². The summed E-state index contributed by atoms with van der Waals surface area (Å²) in [5.41, 5.74) is 2.20. The van der Waals surface area contributed by atoms with Crippen LogP contribution in [0.3, 0.4) is 0 Å². The summed E-state index contributed by atoms with van der Waals surface area (Å²) >= 11 is 0. The molecule has 2 aromatic carbocycles. The van der Waals surface area contributed by atoms with Crippen molar-refractivity contribution >= 4 is 0 Å². The molecule has 0 aliphatic rings. The molecular weight excluding hydrogens is 236 g/mol. The average Bonchev–Trinajstić information content (AvgIpc) is 2.37. The quantitative estimate of drug-likeness (QED) is 0.888. The van der Waals surface area contributed by atoms with Crippen LogP contribution in [0, 0.1) is 0 Å². The maximum atomic E-state index is 10.0. The monoisotopic (exact) mass is 256 g/mol. The van der Waals surface area contributed by atoms with Crippen LogP contribution in [0.15, 0.2) is 48.5 Å². The normalized spacial score (nSPS) is 11.3. The van der Waals surface area contributed by atoms with Crippen LogP contribution in [0.5, 0.6) is 11.5 Å². The Labute approximate surface area is 114 Å². The van der Waals surface area contributed by atoms with Crippen molar-refractivity contribution < 1.29 is 9.84 Å². The second kappa shape index (κ2) is 5.35. The van der Waals surface area contributed by atoms with Crippen LogP contribution in [0.25, 0.3) is 0 Å². The number of benzene rings is 2. The summed E-state index contributed by atoms with van der Waals surface area (Å²) in [4.78, 5) is 0. The van der Waals surface area contributed by atoms with Gasteiger partial charge in [0.25, 0.3) is 0 Å². The van der Waals surface area contributed by atoms with Gasteiger partial charge >= 0.3 is 0 Å². The maximum Gasteiger partial charge on any atom is 0.161 e. The molecule has 0 saturated carbocycles. The molecule has 0 saturated heterocycles. The van der Waals surface area contributed by atoms with Crippen LogP contribution in [0.4, 0.5) is 0 Å². The van der Waals surface area contributed by atoms with E-state index in [1.807, 2.05) is 42.5 Å².